The van der Waals surface area contributed by atoms with Crippen LogP contribution in [0.25, 0.3) is 0 Å². The van der Waals surface area contributed by atoms with Crippen molar-refractivity contribution < 1.29 is 18.7 Å². The van der Waals surface area contributed by atoms with Gasteiger partial charge < -0.3 is 13.9 Å². The minimum atomic E-state index is -1.77. The topological polar surface area (TPSA) is 44.8 Å². The van der Waals surface area contributed by atoms with Gasteiger partial charge in [0.25, 0.3) is 0 Å². The van der Waals surface area contributed by atoms with Gasteiger partial charge in [0.15, 0.2) is 14.1 Å². The summed E-state index contributed by atoms with van der Waals surface area (Å²) in [5.41, 5.74) is -0.0794. The summed E-state index contributed by atoms with van der Waals surface area (Å²) in [7, 11) is -1.77. The third-order valence-corrected chi connectivity index (χ3v) is 15.6. The second kappa shape index (κ2) is 8.17. The van der Waals surface area contributed by atoms with Crippen LogP contribution in [0.4, 0.5) is 0 Å². The average molecular weight is 463 g/mol. The number of hydrogen-bond acceptors (Lipinski definition) is 4. The van der Waals surface area contributed by atoms with E-state index in [2.05, 4.69) is 33.9 Å². The number of carbonyl (C=O) groups excluding carboxylic acids is 1. The van der Waals surface area contributed by atoms with Crippen LogP contribution < -0.4 is 0 Å². The normalized spacial score (nSPS) is 41.4. The van der Waals surface area contributed by atoms with Gasteiger partial charge in [0.2, 0.25) is 0 Å². The molecule has 0 N–H and O–H groups in total. The van der Waals surface area contributed by atoms with Crippen molar-refractivity contribution in [1.82, 2.24) is 0 Å². The molecule has 4 nitrogen and oxygen atoms in total. The summed E-state index contributed by atoms with van der Waals surface area (Å²) in [6.45, 7) is 13.9. The Morgan fingerprint density at radius 3 is 2.41 bits per heavy atom. The van der Waals surface area contributed by atoms with Gasteiger partial charge in [0, 0.05) is 31.3 Å². The summed E-state index contributed by atoms with van der Waals surface area (Å²) in [5, 5.41) is 0.227. The highest BCUT2D eigenvalue weighted by Crippen LogP contribution is 2.63. The maximum Gasteiger partial charge on any atom is 0.191 e. The predicted molar refractivity (Wildman–Crippen MR) is 129 cm³/mol. The minimum Gasteiger partial charge on any atom is -0.417 e. The Hall–Kier alpha value is -0.233. The first-order chi connectivity index (χ1) is 15.1. The molecule has 0 aromatic carbocycles. The lowest BCUT2D eigenvalue weighted by Gasteiger charge is -2.56. The number of carbonyl (C=O) groups is 1. The third kappa shape index (κ3) is 3.78. The van der Waals surface area contributed by atoms with Crippen molar-refractivity contribution in [3.05, 3.63) is 0 Å². The zero-order valence-electron chi connectivity index (χ0n) is 21.2. The monoisotopic (exact) mass is 462 g/mol. The van der Waals surface area contributed by atoms with Crippen molar-refractivity contribution >= 4 is 14.1 Å². The summed E-state index contributed by atoms with van der Waals surface area (Å²) < 4.78 is 18.8. The van der Waals surface area contributed by atoms with E-state index in [1.165, 1.54) is 25.7 Å². The van der Waals surface area contributed by atoms with Crippen LogP contribution in [0.15, 0.2) is 0 Å². The summed E-state index contributed by atoms with van der Waals surface area (Å²) in [6, 6.07) is 0. The van der Waals surface area contributed by atoms with Crippen molar-refractivity contribution in [1.29, 1.82) is 0 Å². The number of ketones is 1. The Labute approximate surface area is 196 Å². The van der Waals surface area contributed by atoms with Crippen LogP contribution in [0.3, 0.4) is 0 Å². The molecule has 5 fully saturated rings. The quantitative estimate of drug-likeness (QED) is 0.457. The molecule has 5 heteroatoms. The molecule has 0 bridgehead atoms. The molecule has 4 aliphatic carbocycles. The molecule has 1 saturated heterocycles. The SMILES string of the molecule is CC(C)(C)[Si](C)(C)OCC[C@]12CCC3C(CC[C@H]4CC5(CCC34)OCCO5)C1CCC2=O. The molecular weight excluding hydrogens is 416 g/mol. The summed E-state index contributed by atoms with van der Waals surface area (Å²) >= 11 is 0. The zero-order valence-corrected chi connectivity index (χ0v) is 22.2. The van der Waals surface area contributed by atoms with Gasteiger partial charge in [-0.05, 0) is 92.7 Å². The van der Waals surface area contributed by atoms with Crippen LogP contribution >= 0.6 is 0 Å². The van der Waals surface area contributed by atoms with E-state index in [0.29, 0.717) is 11.7 Å². The zero-order chi connectivity index (χ0) is 22.8. The van der Waals surface area contributed by atoms with Gasteiger partial charge in [0.05, 0.1) is 13.2 Å². The molecule has 1 spiro atoms. The summed E-state index contributed by atoms with van der Waals surface area (Å²) in [4.78, 5) is 13.3. The molecule has 0 amide bonds. The van der Waals surface area contributed by atoms with E-state index in [4.69, 9.17) is 13.9 Å². The van der Waals surface area contributed by atoms with Gasteiger partial charge in [0.1, 0.15) is 5.78 Å². The molecule has 4 unspecified atom stereocenters. The molecule has 6 atom stereocenters. The molecular formula is C27H46O4Si. The molecule has 1 heterocycles. The first-order valence-electron chi connectivity index (χ1n) is 13.5. The first kappa shape index (κ1) is 23.5. The standard InChI is InChI=1S/C27H46O4Si/c1-25(2,3)32(4,5)31-15-14-26-12-10-21-20-11-13-27(29-16-17-30-27)18-19(20)6-7-22(21)23(26)8-9-24(26)28/h19-23H,6-18H2,1-5H3/t19-,20?,21?,22?,23?,26+/m0/s1. The molecule has 0 radical (unpaired) electrons. The Balaban J connectivity index is 1.27. The fraction of sp³-hybridized carbons (Fsp3) is 0.963. The van der Waals surface area contributed by atoms with Crippen LogP contribution in [0, 0.1) is 35.0 Å². The van der Waals surface area contributed by atoms with Crippen molar-refractivity contribution in [2.24, 2.45) is 35.0 Å². The average Bonchev–Trinajstić information content (AvgIpc) is 3.31. The number of Topliss-reactive ketones (excluding diaryl/α,β-unsaturated/α-hetero) is 1. The van der Waals surface area contributed by atoms with E-state index >= 15 is 0 Å². The van der Waals surface area contributed by atoms with Crippen molar-refractivity contribution in [2.45, 2.75) is 109 Å². The molecule has 182 valence electrons. The van der Waals surface area contributed by atoms with Crippen LogP contribution in [0.2, 0.25) is 18.1 Å². The van der Waals surface area contributed by atoms with E-state index < -0.39 is 8.32 Å². The third-order valence-electron chi connectivity index (χ3n) is 11.0. The maximum absolute atomic E-state index is 13.3. The molecule has 0 aromatic heterocycles. The van der Waals surface area contributed by atoms with Crippen LogP contribution in [-0.4, -0.2) is 39.7 Å². The molecule has 0 aromatic rings. The Kier molecular flexibility index (Phi) is 6.00. The van der Waals surface area contributed by atoms with E-state index in [1.807, 2.05) is 0 Å². The van der Waals surface area contributed by atoms with Crippen LogP contribution in [0.1, 0.15) is 85.0 Å². The van der Waals surface area contributed by atoms with E-state index in [9.17, 15) is 4.79 Å². The Morgan fingerprint density at radius 1 is 0.969 bits per heavy atom. The summed E-state index contributed by atoms with van der Waals surface area (Å²) in [5.74, 6) is 4.07. The highest BCUT2D eigenvalue weighted by atomic mass is 28.4. The Bertz CT molecular complexity index is 722. The van der Waals surface area contributed by atoms with Gasteiger partial charge in [-0.3, -0.25) is 4.79 Å². The lowest BCUT2D eigenvalue weighted by atomic mass is 9.49. The molecule has 4 saturated carbocycles. The van der Waals surface area contributed by atoms with Gasteiger partial charge in [-0.15, -0.1) is 0 Å². The largest absolute Gasteiger partial charge is 0.417 e. The number of rotatable bonds is 4. The molecule has 5 aliphatic rings. The van der Waals surface area contributed by atoms with Gasteiger partial charge in [-0.1, -0.05) is 20.8 Å². The maximum atomic E-state index is 13.3. The van der Waals surface area contributed by atoms with Crippen LogP contribution in [-0.2, 0) is 18.7 Å². The Morgan fingerprint density at radius 2 is 1.69 bits per heavy atom. The number of ether oxygens (including phenoxy) is 2. The molecule has 1 aliphatic heterocycles. The van der Waals surface area contributed by atoms with Crippen LogP contribution in [0.5, 0.6) is 0 Å². The van der Waals surface area contributed by atoms with Gasteiger partial charge in [-0.2, -0.15) is 0 Å². The molecule has 32 heavy (non-hydrogen) atoms. The smallest absolute Gasteiger partial charge is 0.191 e. The molecule has 5 rings (SSSR count). The highest BCUT2D eigenvalue weighted by Gasteiger charge is 2.60. The lowest BCUT2D eigenvalue weighted by molar-refractivity contribution is -0.209. The first-order valence-corrected chi connectivity index (χ1v) is 16.4. The number of fused-ring (bicyclic) bond motifs is 5. The number of hydrogen-bond donors (Lipinski definition) is 0. The van der Waals surface area contributed by atoms with Crippen molar-refractivity contribution in [3.8, 4) is 0 Å². The van der Waals surface area contributed by atoms with Crippen molar-refractivity contribution in [2.75, 3.05) is 19.8 Å². The van der Waals surface area contributed by atoms with Gasteiger partial charge >= 0.3 is 0 Å². The second-order valence-corrected chi connectivity index (χ2v) is 18.1. The fourth-order valence-corrected chi connectivity index (χ4v) is 9.37. The second-order valence-electron chi connectivity index (χ2n) is 13.3. The predicted octanol–water partition coefficient (Wildman–Crippen LogP) is 6.34. The van der Waals surface area contributed by atoms with Gasteiger partial charge in [-0.25, -0.2) is 0 Å². The van der Waals surface area contributed by atoms with E-state index in [-0.39, 0.29) is 16.2 Å². The van der Waals surface area contributed by atoms with E-state index in [1.54, 1.807) is 0 Å². The fourth-order valence-electron chi connectivity index (χ4n) is 8.33. The lowest BCUT2D eigenvalue weighted by Crippen LogP contribution is -2.52. The van der Waals surface area contributed by atoms with Crippen molar-refractivity contribution in [3.63, 3.8) is 0 Å². The van der Waals surface area contributed by atoms with E-state index in [0.717, 1.165) is 82.0 Å². The highest BCUT2D eigenvalue weighted by molar-refractivity contribution is 6.74. The minimum absolute atomic E-state index is 0.0794. The summed E-state index contributed by atoms with van der Waals surface area (Å²) in [6.07, 6.45) is 11.3.